The minimum absolute atomic E-state index is 0.0442. The van der Waals surface area contributed by atoms with Gasteiger partial charge in [-0.15, -0.1) is 0 Å². The predicted octanol–water partition coefficient (Wildman–Crippen LogP) is 3.59. The number of carbonyl (C=O) groups is 2. The predicted molar refractivity (Wildman–Crippen MR) is 101 cm³/mol. The van der Waals surface area contributed by atoms with Gasteiger partial charge >= 0.3 is 5.97 Å². The number of hydrogen-bond donors (Lipinski definition) is 1. The van der Waals surface area contributed by atoms with Crippen LogP contribution in [0.1, 0.15) is 58.3 Å². The van der Waals surface area contributed by atoms with E-state index in [1.807, 2.05) is 6.08 Å². The molecule has 0 amide bonds. The van der Waals surface area contributed by atoms with Crippen molar-refractivity contribution in [1.82, 2.24) is 0 Å². The van der Waals surface area contributed by atoms with Crippen molar-refractivity contribution in [1.29, 1.82) is 0 Å². The fourth-order valence-corrected chi connectivity index (χ4v) is 7.95. The molecule has 0 aromatic rings. The maximum Gasteiger partial charge on any atom is 0.331 e. The first-order valence-electron chi connectivity index (χ1n) is 10.8. The van der Waals surface area contributed by atoms with Crippen LogP contribution in [0.2, 0.25) is 0 Å². The molecular weight excluding hydrogens is 340 g/mol. The van der Waals surface area contributed by atoms with Gasteiger partial charge in [-0.2, -0.15) is 0 Å². The first kappa shape index (κ1) is 17.7. The molecule has 0 bridgehead atoms. The first-order valence-corrected chi connectivity index (χ1v) is 10.8. The first-order chi connectivity index (χ1) is 13.0. The van der Waals surface area contributed by atoms with Crippen molar-refractivity contribution >= 4 is 11.8 Å². The minimum atomic E-state index is -0.401. The Kier molecular flexibility index (Phi) is 3.95. The summed E-state index contributed by atoms with van der Waals surface area (Å²) in [5, 5.41) is 10.1. The molecule has 5 rings (SSSR count). The van der Waals surface area contributed by atoms with E-state index in [1.165, 1.54) is 5.57 Å². The Morgan fingerprint density at radius 3 is 2.74 bits per heavy atom. The van der Waals surface area contributed by atoms with Crippen molar-refractivity contribution in [3.05, 3.63) is 23.8 Å². The van der Waals surface area contributed by atoms with Crippen molar-refractivity contribution in [3.63, 3.8) is 0 Å². The van der Waals surface area contributed by atoms with E-state index in [-0.39, 0.29) is 29.7 Å². The Balaban J connectivity index is 1.52. The second-order valence-electron chi connectivity index (χ2n) is 9.54. The fraction of sp³-hybridized carbons (Fsp3) is 0.739. The molecule has 1 heterocycles. The number of fused-ring (bicyclic) bond motifs is 6. The topological polar surface area (TPSA) is 63.6 Å². The third kappa shape index (κ3) is 2.25. The number of aliphatic hydroxyl groups is 1. The SMILES string of the molecule is CC[C@]12CCC3C(CC(CO)C4=CC(=O)CC[C@@H]43)C1CCC21C=CC(=O)O1. The lowest BCUT2D eigenvalue weighted by atomic mass is 9.48. The van der Waals surface area contributed by atoms with E-state index in [2.05, 4.69) is 13.0 Å². The molecule has 7 atom stereocenters. The molecule has 0 radical (unpaired) electrons. The van der Waals surface area contributed by atoms with Crippen LogP contribution >= 0.6 is 0 Å². The molecule has 4 nitrogen and oxygen atoms in total. The molecule has 5 aliphatic rings. The van der Waals surface area contributed by atoms with Gasteiger partial charge in [0.15, 0.2) is 5.78 Å². The summed E-state index contributed by atoms with van der Waals surface area (Å²) in [6.45, 7) is 2.40. The smallest absolute Gasteiger partial charge is 0.331 e. The number of ketones is 1. The Morgan fingerprint density at radius 2 is 2.04 bits per heavy atom. The number of aliphatic hydroxyl groups excluding tert-OH is 1. The highest BCUT2D eigenvalue weighted by molar-refractivity contribution is 5.91. The van der Waals surface area contributed by atoms with Gasteiger partial charge in [0.2, 0.25) is 0 Å². The Labute approximate surface area is 161 Å². The second kappa shape index (κ2) is 6.04. The summed E-state index contributed by atoms with van der Waals surface area (Å²) in [5.74, 6) is 2.38. The van der Waals surface area contributed by atoms with Crippen molar-refractivity contribution in [2.24, 2.45) is 35.0 Å². The molecule has 1 N–H and O–H groups in total. The van der Waals surface area contributed by atoms with E-state index in [9.17, 15) is 14.7 Å². The van der Waals surface area contributed by atoms with Crippen molar-refractivity contribution in [2.45, 2.75) is 63.9 Å². The number of carbonyl (C=O) groups excluding carboxylic acids is 2. The average molecular weight is 370 g/mol. The van der Waals surface area contributed by atoms with Crippen LogP contribution in [-0.2, 0) is 14.3 Å². The Bertz CT molecular complexity index is 737. The maximum absolute atomic E-state index is 12.0. The largest absolute Gasteiger partial charge is 0.451 e. The molecule has 1 aliphatic heterocycles. The lowest BCUT2D eigenvalue weighted by Gasteiger charge is -2.57. The lowest BCUT2D eigenvalue weighted by Crippen LogP contribution is -2.54. The summed E-state index contributed by atoms with van der Waals surface area (Å²) >= 11 is 0. The fourth-order valence-electron chi connectivity index (χ4n) is 7.95. The molecule has 0 saturated heterocycles. The third-order valence-electron chi connectivity index (χ3n) is 8.99. The van der Waals surface area contributed by atoms with Crippen molar-refractivity contribution < 1.29 is 19.4 Å². The van der Waals surface area contributed by atoms with Crippen LogP contribution in [0.15, 0.2) is 23.8 Å². The van der Waals surface area contributed by atoms with Crippen LogP contribution in [0.3, 0.4) is 0 Å². The number of rotatable bonds is 2. The van der Waals surface area contributed by atoms with Crippen molar-refractivity contribution in [2.75, 3.05) is 6.61 Å². The normalized spacial score (nSPS) is 48.1. The van der Waals surface area contributed by atoms with E-state index >= 15 is 0 Å². The summed E-state index contributed by atoms with van der Waals surface area (Å²) in [4.78, 5) is 24.0. The summed E-state index contributed by atoms with van der Waals surface area (Å²) in [7, 11) is 0. The van der Waals surface area contributed by atoms with Crippen LogP contribution in [0.25, 0.3) is 0 Å². The maximum atomic E-state index is 12.0. The molecule has 0 aromatic carbocycles. The van der Waals surface area contributed by atoms with Gasteiger partial charge in [0.1, 0.15) is 5.60 Å². The van der Waals surface area contributed by atoms with Gasteiger partial charge in [0, 0.05) is 30.4 Å². The average Bonchev–Trinajstić information content (AvgIpc) is 3.22. The third-order valence-corrected chi connectivity index (χ3v) is 8.99. The summed E-state index contributed by atoms with van der Waals surface area (Å²) in [6, 6.07) is 0. The number of esters is 1. The standard InChI is InChI=1S/C23H30O4/c1-2-22-8-5-17-16-4-3-15(25)12-18(16)14(13-24)11-19(17)20(22)6-9-23(22)10-7-21(26)27-23/h7,10,12,14,16-17,19-20,24H,2-6,8-9,11,13H2,1H3/t14?,16-,17?,19?,20?,22+,23?/m1/s1. The lowest BCUT2D eigenvalue weighted by molar-refractivity contribution is -0.165. The molecule has 146 valence electrons. The van der Waals surface area contributed by atoms with Gasteiger partial charge in [-0.3, -0.25) is 4.79 Å². The summed E-state index contributed by atoms with van der Waals surface area (Å²) < 4.78 is 5.97. The van der Waals surface area contributed by atoms with Crippen LogP contribution in [-0.4, -0.2) is 29.1 Å². The van der Waals surface area contributed by atoms with E-state index in [0.717, 1.165) is 44.9 Å². The van der Waals surface area contributed by atoms with E-state index in [0.29, 0.717) is 30.1 Å². The molecule has 1 spiro atoms. The minimum Gasteiger partial charge on any atom is -0.451 e. The molecule has 4 aliphatic carbocycles. The van der Waals surface area contributed by atoms with Gasteiger partial charge < -0.3 is 9.84 Å². The van der Waals surface area contributed by atoms with Gasteiger partial charge in [0.25, 0.3) is 0 Å². The second-order valence-corrected chi connectivity index (χ2v) is 9.54. The quantitative estimate of drug-likeness (QED) is 0.755. The van der Waals surface area contributed by atoms with Crippen LogP contribution < -0.4 is 0 Å². The summed E-state index contributed by atoms with van der Waals surface area (Å²) in [5.41, 5.74) is 0.878. The van der Waals surface area contributed by atoms with Gasteiger partial charge in [-0.1, -0.05) is 12.5 Å². The molecule has 4 heteroatoms. The Morgan fingerprint density at radius 1 is 1.19 bits per heavy atom. The highest BCUT2D eigenvalue weighted by Crippen LogP contribution is 2.68. The van der Waals surface area contributed by atoms with Crippen LogP contribution in [0.4, 0.5) is 0 Å². The zero-order valence-corrected chi connectivity index (χ0v) is 16.2. The van der Waals surface area contributed by atoms with E-state index in [1.54, 1.807) is 6.08 Å². The van der Waals surface area contributed by atoms with Crippen molar-refractivity contribution in [3.8, 4) is 0 Å². The van der Waals surface area contributed by atoms with Crippen LogP contribution in [0, 0.1) is 35.0 Å². The van der Waals surface area contributed by atoms with Crippen LogP contribution in [0.5, 0.6) is 0 Å². The summed E-state index contributed by atoms with van der Waals surface area (Å²) in [6.07, 6.45) is 13.5. The van der Waals surface area contributed by atoms with E-state index < -0.39 is 5.60 Å². The molecular formula is C23H30O4. The molecule has 27 heavy (non-hydrogen) atoms. The highest BCUT2D eigenvalue weighted by Gasteiger charge is 2.66. The van der Waals surface area contributed by atoms with Gasteiger partial charge in [-0.05, 0) is 80.8 Å². The van der Waals surface area contributed by atoms with Gasteiger partial charge in [0.05, 0.1) is 0 Å². The number of ether oxygens (including phenoxy) is 1. The highest BCUT2D eigenvalue weighted by atomic mass is 16.6. The zero-order chi connectivity index (χ0) is 18.8. The van der Waals surface area contributed by atoms with E-state index in [4.69, 9.17) is 4.74 Å². The molecule has 3 saturated carbocycles. The number of hydrogen-bond acceptors (Lipinski definition) is 4. The monoisotopic (exact) mass is 370 g/mol. The molecule has 3 fully saturated rings. The Hall–Kier alpha value is -1.42. The molecule has 0 aromatic heterocycles. The van der Waals surface area contributed by atoms with Gasteiger partial charge in [-0.25, -0.2) is 4.79 Å². The molecule has 5 unspecified atom stereocenters. The zero-order valence-electron chi connectivity index (χ0n) is 16.2.